The van der Waals surface area contributed by atoms with Gasteiger partial charge in [-0.2, -0.15) is 4.39 Å². The van der Waals surface area contributed by atoms with Crippen LogP contribution in [0.4, 0.5) is 10.1 Å². The van der Waals surface area contributed by atoms with Crippen LogP contribution in [-0.4, -0.2) is 35.6 Å². The maximum Gasteiger partial charge on any atom is 0.202 e. The molecular weight excluding hydrogens is 429 g/mol. The molecule has 0 saturated heterocycles. The Kier molecular flexibility index (Phi) is 7.75. The van der Waals surface area contributed by atoms with Gasteiger partial charge in [-0.15, -0.1) is 0 Å². The molecule has 1 aromatic rings. The number of aliphatic hydroxyl groups is 1. The first-order valence-electron chi connectivity index (χ1n) is 11.9. The molecule has 0 spiro atoms. The van der Waals surface area contributed by atoms with Crippen molar-refractivity contribution in [2.24, 2.45) is 10.4 Å². The number of fused-ring (bicyclic) bond motifs is 1. The van der Waals surface area contributed by atoms with Gasteiger partial charge in [0.15, 0.2) is 5.95 Å². The van der Waals surface area contributed by atoms with E-state index in [1.54, 1.807) is 6.08 Å². The smallest absolute Gasteiger partial charge is 0.202 e. The summed E-state index contributed by atoms with van der Waals surface area (Å²) in [7, 11) is 1.98. The number of nitrogens with zero attached hydrogens (tertiary/aromatic N) is 2. The fourth-order valence-electron chi connectivity index (χ4n) is 4.44. The fraction of sp³-hybridized carbons (Fsp3) is 0.444. The first-order valence-corrected chi connectivity index (χ1v) is 11.9. The first kappa shape index (κ1) is 25.4. The summed E-state index contributed by atoms with van der Waals surface area (Å²) in [6.45, 7) is 17.9. The van der Waals surface area contributed by atoms with E-state index in [-0.39, 0.29) is 11.2 Å². The van der Waals surface area contributed by atoms with Crippen molar-refractivity contribution in [1.82, 2.24) is 15.5 Å². The van der Waals surface area contributed by atoms with E-state index in [9.17, 15) is 9.50 Å². The number of halogens is 1. The Bertz CT molecular complexity index is 1050. The van der Waals surface area contributed by atoms with E-state index < -0.39 is 12.0 Å². The zero-order valence-electron chi connectivity index (χ0n) is 21.1. The fourth-order valence-corrected chi connectivity index (χ4v) is 4.44. The Morgan fingerprint density at radius 1 is 1.29 bits per heavy atom. The summed E-state index contributed by atoms with van der Waals surface area (Å²) in [6.07, 6.45) is 6.30. The summed E-state index contributed by atoms with van der Waals surface area (Å²) in [5, 5.41) is 19.3. The molecule has 6 nitrogen and oxygen atoms in total. The topological polar surface area (TPSA) is 71.9 Å². The maximum absolute atomic E-state index is 13.6. The lowest BCUT2D eigenvalue weighted by atomic mass is 9.85. The molecule has 3 rings (SSSR count). The maximum atomic E-state index is 13.6. The lowest BCUT2D eigenvalue weighted by Crippen LogP contribution is -2.39. The number of anilines is 1. The number of guanidine groups is 1. The second-order valence-corrected chi connectivity index (χ2v) is 9.91. The average molecular weight is 468 g/mol. The third kappa shape index (κ3) is 5.82. The molecule has 4 N–H and O–H groups in total. The summed E-state index contributed by atoms with van der Waals surface area (Å²) in [5.74, 6) is 0.115. The zero-order chi connectivity index (χ0) is 25.0. The highest BCUT2D eigenvalue weighted by molar-refractivity contribution is 6.06. The second-order valence-electron chi connectivity index (χ2n) is 9.91. The summed E-state index contributed by atoms with van der Waals surface area (Å²) in [6, 6.07) is 3.50. The number of allylic oxidation sites excluding steroid dienone is 2. The van der Waals surface area contributed by atoms with Crippen LogP contribution in [0.1, 0.15) is 56.7 Å². The van der Waals surface area contributed by atoms with E-state index in [1.807, 2.05) is 18.9 Å². The minimum atomic E-state index is -0.719. The van der Waals surface area contributed by atoms with Crippen LogP contribution in [0, 0.1) is 12.3 Å². The Hall–Kier alpha value is -3.22. The van der Waals surface area contributed by atoms with Gasteiger partial charge in [0.05, 0.1) is 5.69 Å². The molecule has 2 heterocycles. The summed E-state index contributed by atoms with van der Waals surface area (Å²) in [5.41, 5.74) is 5.90. The Labute approximate surface area is 203 Å². The molecule has 2 aliphatic heterocycles. The highest BCUT2D eigenvalue weighted by Crippen LogP contribution is 2.35. The summed E-state index contributed by atoms with van der Waals surface area (Å²) >= 11 is 0. The van der Waals surface area contributed by atoms with Crippen LogP contribution in [0.25, 0.3) is 5.70 Å². The molecule has 7 heteroatoms. The van der Waals surface area contributed by atoms with E-state index in [0.29, 0.717) is 12.2 Å². The van der Waals surface area contributed by atoms with E-state index >= 15 is 0 Å². The molecule has 1 aromatic carbocycles. The van der Waals surface area contributed by atoms with Gasteiger partial charge in [0, 0.05) is 37.1 Å². The van der Waals surface area contributed by atoms with Crippen molar-refractivity contribution in [2.45, 2.75) is 59.5 Å². The average Bonchev–Trinajstić information content (AvgIpc) is 2.76. The monoisotopic (exact) mass is 467 g/mol. The third-order valence-corrected chi connectivity index (χ3v) is 6.43. The van der Waals surface area contributed by atoms with Crippen LogP contribution in [0.5, 0.6) is 0 Å². The SMILES string of the molecule is C=C(O)C1NC(F)=CC=C1NCc1cc(C)cc2c1NC(=NCCC(C)(C)CCC)N(C)C2=C. The minimum absolute atomic E-state index is 0.151. The number of aliphatic hydroxyl groups excluding tert-OH is 1. The molecule has 0 bridgehead atoms. The van der Waals surface area contributed by atoms with E-state index in [2.05, 4.69) is 62.0 Å². The van der Waals surface area contributed by atoms with Gasteiger partial charge >= 0.3 is 0 Å². The van der Waals surface area contributed by atoms with Crippen molar-refractivity contribution in [3.8, 4) is 0 Å². The highest BCUT2D eigenvalue weighted by Gasteiger charge is 2.26. The lowest BCUT2D eigenvalue weighted by molar-refractivity contribution is 0.310. The highest BCUT2D eigenvalue weighted by atomic mass is 19.1. The zero-order valence-corrected chi connectivity index (χ0v) is 21.1. The molecule has 184 valence electrons. The van der Waals surface area contributed by atoms with Gasteiger partial charge in [0.2, 0.25) is 5.96 Å². The molecule has 34 heavy (non-hydrogen) atoms. The number of aliphatic imine (C=N–C) groups is 1. The standard InChI is InChI=1S/C27H38FN5O/c1-8-11-27(5,6)12-13-29-26-32-25-20(14-17(2)15-21(25)18(3)33(26)7)16-30-22-9-10-23(28)31-24(22)19(4)34/h9-10,14-15,24,30-31,34H,3-4,8,11-13,16H2,1-2,5-7H3,(H,29,32). The number of hydrogen-bond acceptors (Lipinski definition) is 4. The van der Waals surface area contributed by atoms with Crippen LogP contribution in [-0.2, 0) is 6.54 Å². The summed E-state index contributed by atoms with van der Waals surface area (Å²) < 4.78 is 13.6. The Morgan fingerprint density at radius 3 is 2.71 bits per heavy atom. The van der Waals surface area contributed by atoms with Crippen molar-refractivity contribution >= 4 is 17.3 Å². The molecular formula is C27H38FN5O. The molecule has 0 saturated carbocycles. The third-order valence-electron chi connectivity index (χ3n) is 6.43. The molecule has 0 radical (unpaired) electrons. The summed E-state index contributed by atoms with van der Waals surface area (Å²) in [4.78, 5) is 6.87. The van der Waals surface area contributed by atoms with Crippen LogP contribution >= 0.6 is 0 Å². The van der Waals surface area contributed by atoms with E-state index in [4.69, 9.17) is 4.99 Å². The van der Waals surface area contributed by atoms with Crippen molar-refractivity contribution in [3.05, 3.63) is 71.5 Å². The van der Waals surface area contributed by atoms with Gasteiger partial charge in [0.25, 0.3) is 0 Å². The Balaban J connectivity index is 1.84. The number of rotatable bonds is 9. The number of hydrogen-bond donors (Lipinski definition) is 4. The quantitative estimate of drug-likeness (QED) is 0.276. The van der Waals surface area contributed by atoms with Gasteiger partial charge in [-0.1, -0.05) is 46.4 Å². The Morgan fingerprint density at radius 2 is 2.03 bits per heavy atom. The molecule has 1 atom stereocenters. The van der Waals surface area contributed by atoms with Gasteiger partial charge in [-0.25, -0.2) is 0 Å². The van der Waals surface area contributed by atoms with Crippen LogP contribution < -0.4 is 16.0 Å². The number of aryl methyl sites for hydroxylation is 1. The van der Waals surface area contributed by atoms with Gasteiger partial charge in [-0.3, -0.25) is 4.99 Å². The van der Waals surface area contributed by atoms with Gasteiger partial charge in [0.1, 0.15) is 11.8 Å². The van der Waals surface area contributed by atoms with Crippen molar-refractivity contribution in [3.63, 3.8) is 0 Å². The number of nitrogens with one attached hydrogen (secondary N) is 3. The van der Waals surface area contributed by atoms with Crippen molar-refractivity contribution in [2.75, 3.05) is 18.9 Å². The molecule has 0 aromatic heterocycles. The van der Waals surface area contributed by atoms with Crippen LogP contribution in [0.2, 0.25) is 0 Å². The number of dihydropyridines is 1. The first-order chi connectivity index (χ1) is 16.0. The molecule has 0 fully saturated rings. The molecule has 1 unspecified atom stereocenters. The van der Waals surface area contributed by atoms with Gasteiger partial charge in [-0.05, 0) is 54.5 Å². The second kappa shape index (κ2) is 10.4. The molecule has 2 aliphatic rings. The van der Waals surface area contributed by atoms with E-state index in [0.717, 1.165) is 47.0 Å². The largest absolute Gasteiger partial charge is 0.510 e. The predicted molar refractivity (Wildman–Crippen MR) is 140 cm³/mol. The lowest BCUT2D eigenvalue weighted by Gasteiger charge is -2.34. The predicted octanol–water partition coefficient (Wildman–Crippen LogP) is 5.72. The number of benzene rings is 1. The van der Waals surface area contributed by atoms with Crippen LogP contribution in [0.3, 0.4) is 0 Å². The minimum Gasteiger partial charge on any atom is -0.510 e. The normalized spacial score (nSPS) is 19.1. The van der Waals surface area contributed by atoms with Crippen molar-refractivity contribution in [1.29, 1.82) is 0 Å². The molecule has 0 amide bonds. The van der Waals surface area contributed by atoms with E-state index in [1.165, 1.54) is 18.9 Å². The van der Waals surface area contributed by atoms with Gasteiger partial charge < -0.3 is 26.0 Å². The molecule has 0 aliphatic carbocycles. The van der Waals surface area contributed by atoms with Crippen LogP contribution in [0.15, 0.2) is 59.8 Å². The van der Waals surface area contributed by atoms with Crippen molar-refractivity contribution < 1.29 is 9.50 Å².